The van der Waals surface area contributed by atoms with Gasteiger partial charge in [0, 0.05) is 41.8 Å². The second kappa shape index (κ2) is 11.9. The van der Waals surface area contributed by atoms with Crippen molar-refractivity contribution >= 4 is 22.7 Å². The van der Waals surface area contributed by atoms with Crippen LogP contribution >= 0.6 is 0 Å². The number of aryl methyl sites for hydroxylation is 2. The number of hydrogen-bond donors (Lipinski definition) is 0. The molecule has 0 saturated heterocycles. The quantitative estimate of drug-likeness (QED) is 0.225. The lowest BCUT2D eigenvalue weighted by atomic mass is 9.87. The van der Waals surface area contributed by atoms with Gasteiger partial charge in [-0.15, -0.1) is 0 Å². The maximum Gasteiger partial charge on any atom is 0.0461 e. The number of benzene rings is 4. The molecule has 1 unspecified atom stereocenters. The Morgan fingerprint density at radius 1 is 0.500 bits per heavy atom. The molecule has 36 heavy (non-hydrogen) atoms. The van der Waals surface area contributed by atoms with Crippen LogP contribution in [0.15, 0.2) is 97.1 Å². The maximum atomic E-state index is 2.40. The summed E-state index contributed by atoms with van der Waals surface area (Å²) in [6, 6.07) is 36.0. The van der Waals surface area contributed by atoms with Crippen LogP contribution < -0.4 is 9.80 Å². The highest BCUT2D eigenvalue weighted by atomic mass is 15.1. The molecule has 0 aliphatic rings. The second-order valence-corrected chi connectivity index (χ2v) is 9.70. The monoisotopic (exact) mass is 476 g/mol. The van der Waals surface area contributed by atoms with Crippen LogP contribution in [-0.4, -0.2) is 13.1 Å². The molecular weight excluding hydrogens is 436 g/mol. The van der Waals surface area contributed by atoms with E-state index in [-0.39, 0.29) is 0 Å². The van der Waals surface area contributed by atoms with E-state index in [0.29, 0.717) is 5.92 Å². The van der Waals surface area contributed by atoms with Crippen LogP contribution in [0.2, 0.25) is 0 Å². The van der Waals surface area contributed by atoms with Gasteiger partial charge in [-0.05, 0) is 93.8 Å². The summed E-state index contributed by atoms with van der Waals surface area (Å²) in [7, 11) is 0. The summed E-state index contributed by atoms with van der Waals surface area (Å²) < 4.78 is 0. The molecular formula is C34H40N2. The van der Waals surface area contributed by atoms with Crippen LogP contribution in [0, 0.1) is 13.8 Å². The van der Waals surface area contributed by atoms with Crippen molar-refractivity contribution in [2.45, 2.75) is 53.4 Å². The lowest BCUT2D eigenvalue weighted by Gasteiger charge is -2.27. The van der Waals surface area contributed by atoms with Crippen molar-refractivity contribution in [3.05, 3.63) is 119 Å². The van der Waals surface area contributed by atoms with E-state index >= 15 is 0 Å². The first-order valence-electron chi connectivity index (χ1n) is 13.4. The van der Waals surface area contributed by atoms with E-state index in [0.717, 1.165) is 25.9 Å². The standard InChI is InChI=1S/C34H40N2/c1-6-9-34(28-14-22-30(23-15-28)35(7-2)8-3)29-16-24-33(25-17-29)36(31-18-10-26(4)11-19-31)32-20-12-27(5)13-21-32/h10-25,34H,6-9H2,1-5H3. The summed E-state index contributed by atoms with van der Waals surface area (Å²) in [6.45, 7) is 13.1. The van der Waals surface area contributed by atoms with Gasteiger partial charge in [-0.25, -0.2) is 0 Å². The highest BCUT2D eigenvalue weighted by Crippen LogP contribution is 2.37. The van der Waals surface area contributed by atoms with Crippen molar-refractivity contribution in [2.24, 2.45) is 0 Å². The van der Waals surface area contributed by atoms with E-state index in [4.69, 9.17) is 0 Å². The summed E-state index contributed by atoms with van der Waals surface area (Å²) in [5, 5.41) is 0. The molecule has 0 aromatic heterocycles. The molecule has 0 aliphatic heterocycles. The van der Waals surface area contributed by atoms with Gasteiger partial charge in [0.25, 0.3) is 0 Å². The molecule has 0 saturated carbocycles. The van der Waals surface area contributed by atoms with Gasteiger partial charge in [0.1, 0.15) is 0 Å². The Morgan fingerprint density at radius 2 is 0.861 bits per heavy atom. The predicted molar refractivity (Wildman–Crippen MR) is 157 cm³/mol. The third-order valence-electron chi connectivity index (χ3n) is 7.14. The lowest BCUT2D eigenvalue weighted by molar-refractivity contribution is 0.698. The normalized spacial score (nSPS) is 11.8. The van der Waals surface area contributed by atoms with Gasteiger partial charge in [0.05, 0.1) is 0 Å². The van der Waals surface area contributed by atoms with E-state index in [1.807, 2.05) is 0 Å². The van der Waals surface area contributed by atoms with E-state index < -0.39 is 0 Å². The Hall–Kier alpha value is -3.52. The first-order valence-corrected chi connectivity index (χ1v) is 13.4. The summed E-state index contributed by atoms with van der Waals surface area (Å²) in [6.07, 6.45) is 2.30. The molecule has 0 heterocycles. The van der Waals surface area contributed by atoms with Crippen LogP contribution in [-0.2, 0) is 0 Å². The average molecular weight is 477 g/mol. The summed E-state index contributed by atoms with van der Waals surface area (Å²) in [5.74, 6) is 0.405. The highest BCUT2D eigenvalue weighted by molar-refractivity contribution is 5.76. The molecule has 2 nitrogen and oxygen atoms in total. The van der Waals surface area contributed by atoms with Crippen molar-refractivity contribution < 1.29 is 0 Å². The molecule has 0 N–H and O–H groups in total. The fourth-order valence-electron chi connectivity index (χ4n) is 5.01. The molecule has 4 aromatic rings. The first kappa shape index (κ1) is 25.6. The molecule has 4 aromatic carbocycles. The Morgan fingerprint density at radius 3 is 1.22 bits per heavy atom. The predicted octanol–water partition coefficient (Wildman–Crippen LogP) is 9.55. The van der Waals surface area contributed by atoms with Crippen LogP contribution in [0.4, 0.5) is 22.7 Å². The molecule has 1 atom stereocenters. The van der Waals surface area contributed by atoms with E-state index in [1.54, 1.807) is 0 Å². The first-order chi connectivity index (χ1) is 17.5. The summed E-state index contributed by atoms with van der Waals surface area (Å²) >= 11 is 0. The molecule has 4 rings (SSSR count). The minimum atomic E-state index is 0.405. The summed E-state index contributed by atoms with van der Waals surface area (Å²) in [5.41, 5.74) is 10.2. The smallest absolute Gasteiger partial charge is 0.0461 e. The Bertz CT molecular complexity index is 1160. The number of nitrogens with zero attached hydrogens (tertiary/aromatic N) is 2. The van der Waals surface area contributed by atoms with Gasteiger partial charge in [0.15, 0.2) is 0 Å². The van der Waals surface area contributed by atoms with Crippen LogP contribution in [0.5, 0.6) is 0 Å². The Labute approximate surface area is 218 Å². The fourth-order valence-corrected chi connectivity index (χ4v) is 5.01. The average Bonchev–Trinajstić information content (AvgIpc) is 2.91. The highest BCUT2D eigenvalue weighted by Gasteiger charge is 2.17. The van der Waals surface area contributed by atoms with Crippen molar-refractivity contribution in [3.8, 4) is 0 Å². The molecule has 0 radical (unpaired) electrons. The Kier molecular flexibility index (Phi) is 8.48. The molecule has 0 amide bonds. The molecule has 0 bridgehead atoms. The number of rotatable bonds is 10. The second-order valence-electron chi connectivity index (χ2n) is 9.70. The zero-order valence-electron chi connectivity index (χ0n) is 22.5. The van der Waals surface area contributed by atoms with Crippen molar-refractivity contribution in [2.75, 3.05) is 22.9 Å². The molecule has 2 heteroatoms. The SMILES string of the molecule is CCCC(c1ccc(N(CC)CC)cc1)c1ccc(N(c2ccc(C)cc2)c2ccc(C)cc2)cc1. The number of anilines is 4. The van der Waals surface area contributed by atoms with Crippen molar-refractivity contribution in [1.29, 1.82) is 0 Å². The zero-order chi connectivity index (χ0) is 25.5. The van der Waals surface area contributed by atoms with Gasteiger partial charge in [-0.2, -0.15) is 0 Å². The van der Waals surface area contributed by atoms with Gasteiger partial charge < -0.3 is 9.80 Å². The topological polar surface area (TPSA) is 6.48 Å². The van der Waals surface area contributed by atoms with E-state index in [2.05, 4.69) is 141 Å². The van der Waals surface area contributed by atoms with Crippen LogP contribution in [0.25, 0.3) is 0 Å². The fraction of sp³-hybridized carbons (Fsp3) is 0.294. The molecule has 0 spiro atoms. The van der Waals surface area contributed by atoms with Gasteiger partial charge in [-0.3, -0.25) is 0 Å². The van der Waals surface area contributed by atoms with Gasteiger partial charge >= 0.3 is 0 Å². The lowest BCUT2D eigenvalue weighted by Crippen LogP contribution is -2.21. The minimum Gasteiger partial charge on any atom is -0.372 e. The van der Waals surface area contributed by atoms with Gasteiger partial charge in [-0.1, -0.05) is 73.0 Å². The molecule has 0 aliphatic carbocycles. The molecule has 186 valence electrons. The zero-order valence-corrected chi connectivity index (χ0v) is 22.5. The largest absolute Gasteiger partial charge is 0.372 e. The third-order valence-corrected chi connectivity index (χ3v) is 7.14. The maximum absolute atomic E-state index is 2.40. The third kappa shape index (κ3) is 5.82. The Balaban J connectivity index is 1.66. The van der Waals surface area contributed by atoms with Crippen LogP contribution in [0.3, 0.4) is 0 Å². The molecule has 0 fully saturated rings. The van der Waals surface area contributed by atoms with Crippen molar-refractivity contribution in [1.82, 2.24) is 0 Å². The van der Waals surface area contributed by atoms with Crippen LogP contribution in [0.1, 0.15) is 61.8 Å². The van der Waals surface area contributed by atoms with E-state index in [1.165, 1.54) is 45.0 Å². The number of hydrogen-bond acceptors (Lipinski definition) is 2. The van der Waals surface area contributed by atoms with Gasteiger partial charge in [0.2, 0.25) is 0 Å². The minimum absolute atomic E-state index is 0.405. The van der Waals surface area contributed by atoms with E-state index in [9.17, 15) is 0 Å². The summed E-state index contributed by atoms with van der Waals surface area (Å²) in [4.78, 5) is 4.74. The van der Waals surface area contributed by atoms with Crippen molar-refractivity contribution in [3.63, 3.8) is 0 Å².